The summed E-state index contributed by atoms with van der Waals surface area (Å²) in [7, 11) is 1.54. The Kier molecular flexibility index (Phi) is 4.24. The zero-order valence-corrected chi connectivity index (χ0v) is 8.67. The molecule has 0 aliphatic heterocycles. The molecular formula is C10H10N2O4. The van der Waals surface area contributed by atoms with Gasteiger partial charge in [0.25, 0.3) is 5.69 Å². The molecule has 0 unspecified atom stereocenters. The number of nitro benzene ring substituents is 1. The molecule has 0 radical (unpaired) electrons. The maximum absolute atomic E-state index is 10.5. The summed E-state index contributed by atoms with van der Waals surface area (Å²) in [6.45, 7) is 0.748. The lowest BCUT2D eigenvalue weighted by Crippen LogP contribution is -2.04. The van der Waals surface area contributed by atoms with Crippen LogP contribution in [0.25, 0.3) is 0 Å². The molecule has 0 atom stereocenters. The standard InChI is InChI=1S/C10H10N2O4/c1-15-4-5-16-9-2-3-10(12(13)14)8(6-9)7-11/h2-3,6H,4-5H2,1H3. The number of nitro groups is 1. The highest BCUT2D eigenvalue weighted by atomic mass is 16.6. The first-order valence-corrected chi connectivity index (χ1v) is 4.49. The van der Waals surface area contributed by atoms with Gasteiger partial charge in [0.05, 0.1) is 11.5 Å². The van der Waals surface area contributed by atoms with Gasteiger partial charge >= 0.3 is 0 Å². The molecular weight excluding hydrogens is 212 g/mol. The predicted octanol–water partition coefficient (Wildman–Crippen LogP) is 1.49. The van der Waals surface area contributed by atoms with E-state index < -0.39 is 4.92 Å². The van der Waals surface area contributed by atoms with Crippen molar-refractivity contribution in [3.63, 3.8) is 0 Å². The van der Waals surface area contributed by atoms with Crippen molar-refractivity contribution in [2.24, 2.45) is 0 Å². The largest absolute Gasteiger partial charge is 0.491 e. The Hall–Kier alpha value is -2.13. The molecule has 1 rings (SSSR count). The normalized spacial score (nSPS) is 9.50. The van der Waals surface area contributed by atoms with Crippen molar-refractivity contribution in [1.82, 2.24) is 0 Å². The van der Waals surface area contributed by atoms with Gasteiger partial charge in [0.1, 0.15) is 24.0 Å². The van der Waals surface area contributed by atoms with Crippen LogP contribution in [-0.2, 0) is 4.74 Å². The van der Waals surface area contributed by atoms with Crippen molar-refractivity contribution in [2.45, 2.75) is 0 Å². The first-order chi connectivity index (χ1) is 7.69. The predicted molar refractivity (Wildman–Crippen MR) is 55.2 cm³/mol. The molecule has 0 bridgehead atoms. The lowest BCUT2D eigenvalue weighted by atomic mass is 10.2. The summed E-state index contributed by atoms with van der Waals surface area (Å²) < 4.78 is 10.0. The second-order valence-electron chi connectivity index (χ2n) is 2.89. The number of nitriles is 1. The average molecular weight is 222 g/mol. The van der Waals surface area contributed by atoms with E-state index in [9.17, 15) is 10.1 Å². The first kappa shape index (κ1) is 11.9. The van der Waals surface area contributed by atoms with Crippen LogP contribution >= 0.6 is 0 Å². The lowest BCUT2D eigenvalue weighted by molar-refractivity contribution is -0.385. The Morgan fingerprint density at radius 3 is 2.81 bits per heavy atom. The Morgan fingerprint density at radius 1 is 1.50 bits per heavy atom. The highest BCUT2D eigenvalue weighted by Crippen LogP contribution is 2.23. The van der Waals surface area contributed by atoms with E-state index in [1.54, 1.807) is 13.2 Å². The van der Waals surface area contributed by atoms with Crippen LogP contribution in [0.5, 0.6) is 5.75 Å². The molecule has 84 valence electrons. The van der Waals surface area contributed by atoms with Gasteiger partial charge in [0.2, 0.25) is 0 Å². The molecule has 0 saturated carbocycles. The van der Waals surface area contributed by atoms with Gasteiger partial charge in [-0.05, 0) is 6.07 Å². The summed E-state index contributed by atoms with van der Waals surface area (Å²) in [6.07, 6.45) is 0. The molecule has 0 N–H and O–H groups in total. The number of hydrogen-bond acceptors (Lipinski definition) is 5. The first-order valence-electron chi connectivity index (χ1n) is 4.49. The van der Waals surface area contributed by atoms with E-state index in [0.29, 0.717) is 19.0 Å². The zero-order chi connectivity index (χ0) is 12.0. The van der Waals surface area contributed by atoms with E-state index in [1.807, 2.05) is 0 Å². The molecule has 1 aromatic rings. The van der Waals surface area contributed by atoms with Gasteiger partial charge in [0, 0.05) is 19.2 Å². The van der Waals surface area contributed by atoms with Crippen molar-refractivity contribution < 1.29 is 14.4 Å². The Labute approximate surface area is 92.2 Å². The Morgan fingerprint density at radius 2 is 2.25 bits per heavy atom. The summed E-state index contributed by atoms with van der Waals surface area (Å²) >= 11 is 0. The van der Waals surface area contributed by atoms with Gasteiger partial charge in [-0.2, -0.15) is 5.26 Å². The van der Waals surface area contributed by atoms with Crippen molar-refractivity contribution in [1.29, 1.82) is 5.26 Å². The van der Waals surface area contributed by atoms with Crippen LogP contribution in [0.1, 0.15) is 5.56 Å². The molecule has 0 amide bonds. The van der Waals surface area contributed by atoms with Crippen LogP contribution in [0.2, 0.25) is 0 Å². The van der Waals surface area contributed by atoms with Crippen LogP contribution in [0.15, 0.2) is 18.2 Å². The third kappa shape index (κ3) is 2.93. The number of hydrogen-bond donors (Lipinski definition) is 0. The molecule has 6 heteroatoms. The minimum absolute atomic E-state index is 0.0140. The van der Waals surface area contributed by atoms with Crippen LogP contribution in [-0.4, -0.2) is 25.2 Å². The number of rotatable bonds is 5. The topological polar surface area (TPSA) is 85.4 Å². The highest BCUT2D eigenvalue weighted by Gasteiger charge is 2.13. The van der Waals surface area contributed by atoms with Crippen LogP contribution in [0.4, 0.5) is 5.69 Å². The second-order valence-corrected chi connectivity index (χ2v) is 2.89. The summed E-state index contributed by atoms with van der Waals surface area (Å²) in [4.78, 5) is 9.95. The van der Waals surface area contributed by atoms with E-state index in [0.717, 1.165) is 0 Å². The van der Waals surface area contributed by atoms with Gasteiger partial charge < -0.3 is 9.47 Å². The van der Waals surface area contributed by atoms with E-state index in [4.69, 9.17) is 14.7 Å². The molecule has 16 heavy (non-hydrogen) atoms. The van der Waals surface area contributed by atoms with E-state index >= 15 is 0 Å². The fraction of sp³-hybridized carbons (Fsp3) is 0.300. The smallest absolute Gasteiger partial charge is 0.287 e. The monoisotopic (exact) mass is 222 g/mol. The van der Waals surface area contributed by atoms with Crippen molar-refractivity contribution in [2.75, 3.05) is 20.3 Å². The number of ether oxygens (including phenoxy) is 2. The summed E-state index contributed by atoms with van der Waals surface area (Å²) in [5.41, 5.74) is -0.235. The molecule has 0 aliphatic rings. The Balaban J connectivity index is 2.84. The molecule has 0 spiro atoms. The summed E-state index contributed by atoms with van der Waals surface area (Å²) in [6, 6.07) is 5.80. The van der Waals surface area contributed by atoms with Crippen LogP contribution in [0, 0.1) is 21.4 Å². The van der Waals surface area contributed by atoms with Gasteiger partial charge in [-0.1, -0.05) is 0 Å². The van der Waals surface area contributed by atoms with Gasteiger partial charge in [-0.15, -0.1) is 0 Å². The quantitative estimate of drug-likeness (QED) is 0.428. The molecule has 1 aromatic carbocycles. The van der Waals surface area contributed by atoms with Gasteiger partial charge in [-0.25, -0.2) is 0 Å². The van der Waals surface area contributed by atoms with E-state index in [2.05, 4.69) is 0 Å². The van der Waals surface area contributed by atoms with E-state index in [-0.39, 0.29) is 11.3 Å². The molecule has 0 aromatic heterocycles. The van der Waals surface area contributed by atoms with Crippen LogP contribution < -0.4 is 4.74 Å². The maximum atomic E-state index is 10.5. The minimum atomic E-state index is -0.600. The molecule has 0 heterocycles. The molecule has 6 nitrogen and oxygen atoms in total. The number of methoxy groups -OCH3 is 1. The summed E-state index contributed by atoms with van der Waals surface area (Å²) in [5, 5.41) is 19.3. The third-order valence-electron chi connectivity index (χ3n) is 1.84. The van der Waals surface area contributed by atoms with Crippen LogP contribution in [0.3, 0.4) is 0 Å². The van der Waals surface area contributed by atoms with E-state index in [1.165, 1.54) is 18.2 Å². The Bertz CT molecular complexity index is 425. The number of nitrogens with zero attached hydrogens (tertiary/aromatic N) is 2. The molecule has 0 saturated heterocycles. The fourth-order valence-corrected chi connectivity index (χ4v) is 1.10. The van der Waals surface area contributed by atoms with Gasteiger partial charge in [-0.3, -0.25) is 10.1 Å². The average Bonchev–Trinajstić information content (AvgIpc) is 2.29. The fourth-order valence-electron chi connectivity index (χ4n) is 1.10. The molecule has 0 fully saturated rings. The third-order valence-corrected chi connectivity index (χ3v) is 1.84. The van der Waals surface area contributed by atoms with Gasteiger partial charge in [0.15, 0.2) is 0 Å². The lowest BCUT2D eigenvalue weighted by Gasteiger charge is -2.05. The SMILES string of the molecule is COCCOc1ccc([N+](=O)[O-])c(C#N)c1. The van der Waals surface area contributed by atoms with Crippen molar-refractivity contribution >= 4 is 5.69 Å². The summed E-state index contributed by atoms with van der Waals surface area (Å²) in [5.74, 6) is 0.416. The maximum Gasteiger partial charge on any atom is 0.287 e. The van der Waals surface area contributed by atoms with Crippen molar-refractivity contribution in [3.05, 3.63) is 33.9 Å². The zero-order valence-electron chi connectivity index (χ0n) is 8.67. The minimum Gasteiger partial charge on any atom is -0.491 e. The molecule has 0 aliphatic carbocycles. The highest BCUT2D eigenvalue weighted by molar-refractivity contribution is 5.52. The second kappa shape index (κ2) is 5.68. The number of benzene rings is 1. The van der Waals surface area contributed by atoms with Crippen molar-refractivity contribution in [3.8, 4) is 11.8 Å².